The quantitative estimate of drug-likeness (QED) is 0.150. The van der Waals surface area contributed by atoms with E-state index in [2.05, 4.69) is 19.7 Å². The van der Waals surface area contributed by atoms with Crippen molar-refractivity contribution in [2.45, 2.75) is 20.8 Å². The van der Waals surface area contributed by atoms with Crippen LogP contribution in [0, 0.1) is 5.41 Å². The fraction of sp³-hybridized carbons (Fsp3) is 0.471. The van der Waals surface area contributed by atoms with Gasteiger partial charge in [0.15, 0.2) is 0 Å². The van der Waals surface area contributed by atoms with Gasteiger partial charge in [0.2, 0.25) is 0 Å². The molecule has 0 aromatic heterocycles. The van der Waals surface area contributed by atoms with Crippen molar-refractivity contribution in [3.63, 3.8) is 0 Å². The van der Waals surface area contributed by atoms with Crippen LogP contribution in [0.15, 0.2) is 36.5 Å². The highest BCUT2D eigenvalue weighted by molar-refractivity contribution is 7.45. The normalized spacial score (nSPS) is 9.44. The summed E-state index contributed by atoms with van der Waals surface area (Å²) in [6.45, 7) is 12.2. The standard InChI is InChI=1S/C5H12O4.3C4H6O2.H3O4P/c6-1-5(2-7,3-8)4-9;3*1-3(2)4(5)6;1-5(2,3)4/h6-9H,1-4H2;3*1H2,2H3,(H,5,6);(H3,1,2,3,4). The summed E-state index contributed by atoms with van der Waals surface area (Å²) >= 11 is 0. The first-order chi connectivity index (χ1) is 14.2. The molecular formula is C17H33O14P. The lowest BCUT2D eigenvalue weighted by molar-refractivity contribution is -0.133. The molecule has 0 fully saturated rings. The third-order valence-corrected chi connectivity index (χ3v) is 2.44. The van der Waals surface area contributed by atoms with Gasteiger partial charge >= 0.3 is 25.7 Å². The van der Waals surface area contributed by atoms with Gasteiger partial charge in [-0.2, -0.15) is 0 Å². The molecule has 0 aromatic rings. The number of aliphatic hydroxyl groups is 4. The Morgan fingerprint density at radius 3 is 0.719 bits per heavy atom. The van der Waals surface area contributed by atoms with Gasteiger partial charge in [0.25, 0.3) is 0 Å². The zero-order valence-corrected chi connectivity index (χ0v) is 18.9. The molecule has 0 rings (SSSR count). The zero-order chi connectivity index (χ0) is 27.3. The average Bonchev–Trinajstić information content (AvgIpc) is 2.64. The molecule has 0 heterocycles. The molecule has 15 heteroatoms. The van der Waals surface area contributed by atoms with Crippen molar-refractivity contribution < 1.29 is 69.4 Å². The summed E-state index contributed by atoms with van der Waals surface area (Å²) in [6.07, 6.45) is 0. The van der Waals surface area contributed by atoms with Crippen molar-refractivity contribution in [3.8, 4) is 0 Å². The van der Waals surface area contributed by atoms with E-state index in [1.165, 1.54) is 20.8 Å². The number of aliphatic hydroxyl groups excluding tert-OH is 4. The van der Waals surface area contributed by atoms with Crippen LogP contribution in [0.5, 0.6) is 0 Å². The number of hydrogen-bond donors (Lipinski definition) is 10. The Kier molecular flexibility index (Phi) is 27.2. The maximum Gasteiger partial charge on any atom is 0.466 e. The van der Waals surface area contributed by atoms with Crippen LogP contribution in [0.1, 0.15) is 20.8 Å². The third-order valence-electron chi connectivity index (χ3n) is 2.44. The van der Waals surface area contributed by atoms with Crippen molar-refractivity contribution in [2.75, 3.05) is 26.4 Å². The summed E-state index contributed by atoms with van der Waals surface area (Å²) in [7, 11) is -4.64. The summed E-state index contributed by atoms with van der Waals surface area (Å²) in [5, 5.41) is 57.7. The van der Waals surface area contributed by atoms with Crippen molar-refractivity contribution in [1.29, 1.82) is 0 Å². The predicted octanol–water partition coefficient (Wildman–Crippen LogP) is -1.05. The molecule has 0 unspecified atom stereocenters. The Hall–Kier alpha value is -2.42. The molecule has 0 atom stereocenters. The molecule has 0 saturated heterocycles. The van der Waals surface area contributed by atoms with Crippen molar-refractivity contribution >= 4 is 25.7 Å². The van der Waals surface area contributed by atoms with Gasteiger partial charge in [-0.05, 0) is 20.8 Å². The zero-order valence-electron chi connectivity index (χ0n) is 18.0. The molecule has 0 aliphatic carbocycles. The monoisotopic (exact) mass is 492 g/mol. The molecule has 0 saturated carbocycles. The minimum Gasteiger partial charge on any atom is -0.478 e. The number of aliphatic carboxylic acids is 3. The smallest absolute Gasteiger partial charge is 0.466 e. The maximum atomic E-state index is 9.60. The van der Waals surface area contributed by atoms with Crippen molar-refractivity contribution in [1.82, 2.24) is 0 Å². The lowest BCUT2D eigenvalue weighted by Crippen LogP contribution is -2.37. The van der Waals surface area contributed by atoms with Gasteiger partial charge in [0.05, 0.1) is 31.8 Å². The number of carbonyl (C=O) groups is 3. The lowest BCUT2D eigenvalue weighted by Gasteiger charge is -2.23. The molecule has 0 aromatic carbocycles. The molecule has 0 radical (unpaired) electrons. The first kappa shape index (κ1) is 40.0. The Morgan fingerprint density at radius 2 is 0.719 bits per heavy atom. The van der Waals surface area contributed by atoms with Gasteiger partial charge in [0.1, 0.15) is 0 Å². The Morgan fingerprint density at radius 1 is 0.625 bits per heavy atom. The SMILES string of the molecule is C=C(C)C(=O)O.C=C(C)C(=O)O.C=C(C)C(=O)O.O=P(O)(O)O.OCC(CO)(CO)CO. The molecule has 0 aliphatic rings. The molecule has 14 nitrogen and oxygen atoms in total. The fourth-order valence-corrected chi connectivity index (χ4v) is 0.300. The summed E-state index contributed by atoms with van der Waals surface area (Å²) in [4.78, 5) is 50.4. The van der Waals surface area contributed by atoms with Crippen LogP contribution in [0.2, 0.25) is 0 Å². The first-order valence-corrected chi connectivity index (χ1v) is 9.62. The molecule has 190 valence electrons. The number of rotatable bonds is 7. The molecular weight excluding hydrogens is 459 g/mol. The van der Waals surface area contributed by atoms with Crippen molar-refractivity contribution in [2.24, 2.45) is 5.41 Å². The average molecular weight is 492 g/mol. The predicted molar refractivity (Wildman–Crippen MR) is 112 cm³/mol. The van der Waals surface area contributed by atoms with Crippen LogP contribution in [-0.4, -0.2) is 94.8 Å². The van der Waals surface area contributed by atoms with Crippen LogP contribution in [0.3, 0.4) is 0 Å². The van der Waals surface area contributed by atoms with Crippen LogP contribution >= 0.6 is 7.82 Å². The van der Waals surface area contributed by atoms with Gasteiger partial charge in [-0.15, -0.1) is 0 Å². The van der Waals surface area contributed by atoms with Crippen LogP contribution < -0.4 is 0 Å². The minimum absolute atomic E-state index is 0.176. The molecule has 10 N–H and O–H groups in total. The lowest BCUT2D eigenvalue weighted by atomic mass is 9.93. The van der Waals surface area contributed by atoms with Crippen molar-refractivity contribution in [3.05, 3.63) is 36.5 Å². The molecule has 0 aliphatic heterocycles. The van der Waals surface area contributed by atoms with E-state index in [-0.39, 0.29) is 16.7 Å². The number of hydrogen-bond acceptors (Lipinski definition) is 8. The molecule has 0 spiro atoms. The molecule has 0 bridgehead atoms. The maximum absolute atomic E-state index is 9.60. The minimum atomic E-state index is -4.64. The van der Waals surface area contributed by atoms with E-state index >= 15 is 0 Å². The number of phosphoric acid groups is 1. The Bertz CT molecular complexity index is 527. The summed E-state index contributed by atoms with van der Waals surface area (Å²) in [6, 6.07) is 0. The van der Waals surface area contributed by atoms with E-state index in [0.717, 1.165) is 0 Å². The van der Waals surface area contributed by atoms with E-state index in [1.54, 1.807) is 0 Å². The highest BCUT2D eigenvalue weighted by Crippen LogP contribution is 2.25. The number of carboxylic acids is 3. The van der Waals surface area contributed by atoms with Gasteiger partial charge in [-0.25, -0.2) is 18.9 Å². The second kappa shape index (κ2) is 21.8. The van der Waals surface area contributed by atoms with E-state index in [0.29, 0.717) is 0 Å². The van der Waals surface area contributed by atoms with E-state index in [1.807, 2.05) is 0 Å². The van der Waals surface area contributed by atoms with E-state index in [4.69, 9.17) is 55.0 Å². The van der Waals surface area contributed by atoms with E-state index < -0.39 is 57.6 Å². The number of carboxylic acid groups (broad SMARTS) is 3. The first-order valence-electron chi connectivity index (χ1n) is 8.06. The summed E-state index contributed by atoms with van der Waals surface area (Å²) in [5.41, 5.74) is -0.583. The van der Waals surface area contributed by atoms with E-state index in [9.17, 15) is 14.4 Å². The van der Waals surface area contributed by atoms with Gasteiger partial charge in [-0.1, -0.05) is 19.7 Å². The summed E-state index contributed by atoms with van der Waals surface area (Å²) < 4.78 is 8.88. The molecule has 0 amide bonds. The molecule has 32 heavy (non-hydrogen) atoms. The van der Waals surface area contributed by atoms with Gasteiger partial charge < -0.3 is 50.4 Å². The topological polar surface area (TPSA) is 271 Å². The van der Waals surface area contributed by atoms with Crippen LogP contribution in [0.25, 0.3) is 0 Å². The fourth-order valence-electron chi connectivity index (χ4n) is 0.300. The van der Waals surface area contributed by atoms with Crippen LogP contribution in [-0.2, 0) is 18.9 Å². The highest BCUT2D eigenvalue weighted by Gasteiger charge is 2.26. The van der Waals surface area contributed by atoms with Gasteiger partial charge in [0, 0.05) is 16.7 Å². The van der Waals surface area contributed by atoms with Gasteiger partial charge in [-0.3, -0.25) is 0 Å². The Balaban J connectivity index is -0.0000000966. The third kappa shape index (κ3) is 41.8. The van der Waals surface area contributed by atoms with Crippen LogP contribution in [0.4, 0.5) is 0 Å². The largest absolute Gasteiger partial charge is 0.478 e. The highest BCUT2D eigenvalue weighted by atomic mass is 31.2. The Labute approximate surface area is 185 Å². The second-order valence-corrected chi connectivity index (χ2v) is 6.93. The summed E-state index contributed by atoms with van der Waals surface area (Å²) in [5.74, 6) is -2.81. The second-order valence-electron chi connectivity index (χ2n) is 5.90.